The van der Waals surface area contributed by atoms with Gasteiger partial charge in [0.05, 0.1) is 29.4 Å². The van der Waals surface area contributed by atoms with Gasteiger partial charge in [0.2, 0.25) is 0 Å². The van der Waals surface area contributed by atoms with Crippen LogP contribution in [0.5, 0.6) is 11.5 Å². The molecule has 0 radical (unpaired) electrons. The summed E-state index contributed by atoms with van der Waals surface area (Å²) in [7, 11) is 1.52. The van der Waals surface area contributed by atoms with E-state index in [1.807, 2.05) is 0 Å². The minimum Gasteiger partial charge on any atom is -0.493 e. The maximum absolute atomic E-state index is 14.4. The van der Waals surface area contributed by atoms with Gasteiger partial charge in [-0.3, -0.25) is 4.79 Å². The average Bonchev–Trinajstić information content (AvgIpc) is 2.81. The highest BCUT2D eigenvalue weighted by Crippen LogP contribution is 2.36. The average molecular weight is 461 g/mol. The van der Waals surface area contributed by atoms with Crippen LogP contribution in [0.25, 0.3) is 10.9 Å². The van der Waals surface area contributed by atoms with E-state index < -0.39 is 18.5 Å². The van der Waals surface area contributed by atoms with Gasteiger partial charge in [0.15, 0.2) is 23.1 Å². The molecule has 1 aliphatic heterocycles. The summed E-state index contributed by atoms with van der Waals surface area (Å²) in [5.74, 6) is 0.445. The third-order valence-electron chi connectivity index (χ3n) is 5.32. The lowest BCUT2D eigenvalue weighted by atomic mass is 9.98. The molecule has 2 aromatic carbocycles. The minimum atomic E-state index is -0.583. The molecule has 2 unspecified atom stereocenters. The number of hydrogen-bond donors (Lipinski definition) is 3. The molecule has 8 nitrogen and oxygen atoms in total. The van der Waals surface area contributed by atoms with Gasteiger partial charge in [0.1, 0.15) is 24.9 Å². The summed E-state index contributed by atoms with van der Waals surface area (Å²) in [6.45, 7) is 0.0665. The number of rotatable bonds is 7. The van der Waals surface area contributed by atoms with Gasteiger partial charge in [-0.05, 0) is 31.2 Å². The quantitative estimate of drug-likeness (QED) is 0.493. The van der Waals surface area contributed by atoms with Gasteiger partial charge >= 0.3 is 0 Å². The molecule has 0 spiro atoms. The van der Waals surface area contributed by atoms with Crippen molar-refractivity contribution in [1.82, 2.24) is 15.3 Å². The SMILES string of the molecule is COc1cc2ncnc(Nc3cccc(Cl)c3F)c2cc1OC1CCNC(C(=O)CO)C1. The number of nitrogens with zero attached hydrogens (tertiary/aromatic N) is 2. The molecule has 1 aromatic heterocycles. The number of benzene rings is 2. The molecule has 1 fully saturated rings. The summed E-state index contributed by atoms with van der Waals surface area (Å²) in [4.78, 5) is 20.4. The zero-order valence-corrected chi connectivity index (χ0v) is 18.0. The largest absolute Gasteiger partial charge is 0.493 e. The summed E-state index contributed by atoms with van der Waals surface area (Å²) in [6.07, 6.45) is 2.21. The number of nitrogens with one attached hydrogen (secondary N) is 2. The van der Waals surface area contributed by atoms with Gasteiger partial charge in [-0.25, -0.2) is 14.4 Å². The van der Waals surface area contributed by atoms with E-state index in [1.54, 1.807) is 24.3 Å². The van der Waals surface area contributed by atoms with Crippen molar-refractivity contribution >= 4 is 39.8 Å². The first-order valence-corrected chi connectivity index (χ1v) is 10.5. The number of methoxy groups -OCH3 is 1. The number of carbonyl (C=O) groups is 1. The predicted molar refractivity (Wildman–Crippen MR) is 118 cm³/mol. The molecule has 0 bridgehead atoms. The Bertz CT molecular complexity index is 1150. The number of fused-ring (bicyclic) bond motifs is 1. The molecule has 168 valence electrons. The summed E-state index contributed by atoms with van der Waals surface area (Å²) in [5, 5.41) is 15.8. The highest BCUT2D eigenvalue weighted by atomic mass is 35.5. The fourth-order valence-corrected chi connectivity index (χ4v) is 3.84. The molecule has 2 atom stereocenters. The first kappa shape index (κ1) is 22.2. The van der Waals surface area contributed by atoms with E-state index >= 15 is 0 Å². The van der Waals surface area contributed by atoms with E-state index in [1.165, 1.54) is 19.5 Å². The number of ketones is 1. The molecule has 4 rings (SSSR count). The van der Waals surface area contributed by atoms with Crippen molar-refractivity contribution in [2.45, 2.75) is 25.0 Å². The predicted octanol–water partition coefficient (Wildman–Crippen LogP) is 3.24. The Hall–Kier alpha value is -3.01. The Morgan fingerprint density at radius 1 is 1.34 bits per heavy atom. The summed E-state index contributed by atoms with van der Waals surface area (Å²) in [6, 6.07) is 7.63. The normalized spacial score (nSPS) is 18.4. The summed E-state index contributed by atoms with van der Waals surface area (Å²) in [5.41, 5.74) is 0.757. The lowest BCUT2D eigenvalue weighted by molar-refractivity contribution is -0.125. The number of Topliss-reactive ketones (excluding diaryl/α,β-unsaturated/α-hetero) is 1. The van der Waals surface area contributed by atoms with Gasteiger partial charge in [0.25, 0.3) is 0 Å². The number of carbonyl (C=O) groups excluding carboxylic acids is 1. The molecule has 0 saturated carbocycles. The third kappa shape index (κ3) is 4.59. The van der Waals surface area contributed by atoms with Crippen molar-refractivity contribution in [3.63, 3.8) is 0 Å². The standard InChI is InChI=1S/C22H22ClFN4O4/c1-31-19-9-16-13(8-20(19)32-12-5-6-25-17(7-12)18(30)10-29)22(27-11-26-16)28-15-4-2-3-14(23)21(15)24/h2-4,8-9,11-12,17,25,29H,5-7,10H2,1H3,(H,26,27,28). The molecule has 32 heavy (non-hydrogen) atoms. The van der Waals surface area contributed by atoms with Crippen LogP contribution in [-0.2, 0) is 4.79 Å². The molecule has 1 aliphatic rings. The van der Waals surface area contributed by atoms with Crippen molar-refractivity contribution in [3.8, 4) is 11.5 Å². The number of hydrogen-bond acceptors (Lipinski definition) is 8. The second-order valence-electron chi connectivity index (χ2n) is 7.36. The van der Waals surface area contributed by atoms with Gasteiger partial charge in [0, 0.05) is 17.9 Å². The van der Waals surface area contributed by atoms with Gasteiger partial charge < -0.3 is 25.2 Å². The highest BCUT2D eigenvalue weighted by Gasteiger charge is 2.28. The molecule has 2 heterocycles. The number of piperidine rings is 1. The van der Waals surface area contributed by atoms with Crippen LogP contribution in [0.4, 0.5) is 15.9 Å². The zero-order valence-electron chi connectivity index (χ0n) is 17.3. The molecule has 3 N–H and O–H groups in total. The molecular weight excluding hydrogens is 439 g/mol. The Morgan fingerprint density at radius 2 is 2.19 bits per heavy atom. The number of halogens is 2. The van der Waals surface area contributed by atoms with Crippen LogP contribution in [0.3, 0.4) is 0 Å². The Balaban J connectivity index is 1.66. The van der Waals surface area contributed by atoms with Crippen molar-refractivity contribution in [2.24, 2.45) is 0 Å². The second kappa shape index (κ2) is 9.64. The molecule has 10 heteroatoms. The van der Waals surface area contributed by atoms with Crippen molar-refractivity contribution in [2.75, 3.05) is 25.6 Å². The van der Waals surface area contributed by atoms with Crippen LogP contribution in [0, 0.1) is 5.82 Å². The summed E-state index contributed by atoms with van der Waals surface area (Å²) < 4.78 is 26.1. The van der Waals surface area contributed by atoms with Crippen molar-refractivity contribution < 1.29 is 23.8 Å². The number of aliphatic hydroxyl groups is 1. The first-order chi connectivity index (χ1) is 15.5. The van der Waals surface area contributed by atoms with Gasteiger partial charge in [-0.15, -0.1) is 0 Å². The van der Waals surface area contributed by atoms with Crippen LogP contribution in [-0.4, -0.2) is 53.3 Å². The highest BCUT2D eigenvalue weighted by molar-refractivity contribution is 6.31. The number of anilines is 2. The number of aromatic nitrogens is 2. The minimum absolute atomic E-state index is 0.00283. The van der Waals surface area contributed by atoms with Crippen molar-refractivity contribution in [1.29, 1.82) is 0 Å². The van der Waals surface area contributed by atoms with E-state index in [2.05, 4.69) is 20.6 Å². The van der Waals surface area contributed by atoms with Crippen LogP contribution >= 0.6 is 11.6 Å². The van der Waals surface area contributed by atoms with E-state index in [4.69, 9.17) is 26.2 Å². The molecule has 0 aliphatic carbocycles. The van der Waals surface area contributed by atoms with Crippen molar-refractivity contribution in [3.05, 3.63) is 47.5 Å². The number of ether oxygens (including phenoxy) is 2. The van der Waals surface area contributed by atoms with E-state index in [-0.39, 0.29) is 22.6 Å². The third-order valence-corrected chi connectivity index (χ3v) is 5.61. The molecule has 0 amide bonds. The van der Waals surface area contributed by atoms with Crippen LogP contribution in [0.2, 0.25) is 5.02 Å². The van der Waals surface area contributed by atoms with E-state index in [0.29, 0.717) is 47.6 Å². The number of aliphatic hydroxyl groups excluding tert-OH is 1. The van der Waals surface area contributed by atoms with Crippen LogP contribution < -0.4 is 20.1 Å². The van der Waals surface area contributed by atoms with Crippen LogP contribution in [0.1, 0.15) is 12.8 Å². The fraction of sp³-hybridized carbons (Fsp3) is 0.318. The Morgan fingerprint density at radius 3 is 2.97 bits per heavy atom. The lowest BCUT2D eigenvalue weighted by Gasteiger charge is -2.30. The lowest BCUT2D eigenvalue weighted by Crippen LogP contribution is -2.47. The molecule has 3 aromatic rings. The molecule has 1 saturated heterocycles. The second-order valence-corrected chi connectivity index (χ2v) is 7.77. The molecular formula is C22H22ClFN4O4. The summed E-state index contributed by atoms with van der Waals surface area (Å²) >= 11 is 5.89. The Kier molecular flexibility index (Phi) is 6.69. The fourth-order valence-electron chi connectivity index (χ4n) is 3.67. The topological polar surface area (TPSA) is 106 Å². The zero-order chi connectivity index (χ0) is 22.7. The van der Waals surface area contributed by atoms with Crippen LogP contribution in [0.15, 0.2) is 36.7 Å². The Labute approximate surface area is 188 Å². The monoisotopic (exact) mass is 460 g/mol. The van der Waals surface area contributed by atoms with E-state index in [9.17, 15) is 9.18 Å². The maximum Gasteiger partial charge on any atom is 0.175 e. The smallest absolute Gasteiger partial charge is 0.175 e. The van der Waals surface area contributed by atoms with E-state index in [0.717, 1.165) is 0 Å². The first-order valence-electron chi connectivity index (χ1n) is 10.1. The maximum atomic E-state index is 14.4. The van der Waals surface area contributed by atoms with Gasteiger partial charge in [-0.1, -0.05) is 17.7 Å². The van der Waals surface area contributed by atoms with Gasteiger partial charge in [-0.2, -0.15) is 0 Å².